The largest absolute Gasteiger partial charge is 0.462 e. The fourth-order valence-corrected chi connectivity index (χ4v) is 2.28. The quantitative estimate of drug-likeness (QED) is 0.662. The molecule has 2 aromatic carbocycles. The van der Waals surface area contributed by atoms with Crippen molar-refractivity contribution < 1.29 is 23.0 Å². The van der Waals surface area contributed by atoms with Crippen molar-refractivity contribution in [1.29, 1.82) is 0 Å². The first-order valence-electron chi connectivity index (χ1n) is 7.28. The number of hydrogen-bond acceptors (Lipinski definition) is 4. The number of rotatable bonds is 4. The molecule has 1 heterocycles. The number of fused-ring (bicyclic) bond motifs is 1. The van der Waals surface area contributed by atoms with E-state index in [1.807, 2.05) is 0 Å². The molecule has 0 amide bonds. The van der Waals surface area contributed by atoms with Crippen LogP contribution in [0.5, 0.6) is 11.5 Å². The summed E-state index contributed by atoms with van der Waals surface area (Å²) in [7, 11) is 0. The van der Waals surface area contributed by atoms with Crippen molar-refractivity contribution in [2.45, 2.75) is 6.92 Å². The van der Waals surface area contributed by atoms with Crippen LogP contribution >= 0.6 is 0 Å². The molecule has 0 N–H and O–H groups in total. The van der Waals surface area contributed by atoms with Crippen LogP contribution < -0.4 is 4.74 Å². The van der Waals surface area contributed by atoms with E-state index < -0.39 is 17.6 Å². The Kier molecular flexibility index (Phi) is 4.37. The van der Waals surface area contributed by atoms with Crippen molar-refractivity contribution >= 4 is 16.9 Å². The number of hydrogen-bond donors (Lipinski definition) is 0. The number of halogens is 2. The normalized spacial score (nSPS) is 10.6. The molecule has 0 aliphatic carbocycles. The van der Waals surface area contributed by atoms with Gasteiger partial charge in [0.25, 0.3) is 0 Å². The highest BCUT2D eigenvalue weighted by Gasteiger charge is 2.20. The smallest absolute Gasteiger partial charge is 0.344 e. The van der Waals surface area contributed by atoms with Crippen molar-refractivity contribution in [2.75, 3.05) is 6.61 Å². The average molecular weight is 329 g/mol. The Morgan fingerprint density at radius 3 is 2.67 bits per heavy atom. The van der Waals surface area contributed by atoms with Gasteiger partial charge in [-0.15, -0.1) is 0 Å². The first-order chi connectivity index (χ1) is 11.6. The summed E-state index contributed by atoms with van der Waals surface area (Å²) in [5, 5.41) is 0.529. The lowest BCUT2D eigenvalue weighted by Gasteiger charge is -2.11. The molecule has 6 heteroatoms. The third-order valence-corrected chi connectivity index (χ3v) is 3.32. The fraction of sp³-hybridized carbons (Fsp3) is 0.111. The molecule has 0 saturated carbocycles. The van der Waals surface area contributed by atoms with Crippen molar-refractivity contribution in [1.82, 2.24) is 4.98 Å². The highest BCUT2D eigenvalue weighted by atomic mass is 19.1. The van der Waals surface area contributed by atoms with Gasteiger partial charge in [-0.3, -0.25) is 0 Å². The van der Waals surface area contributed by atoms with E-state index >= 15 is 0 Å². The van der Waals surface area contributed by atoms with E-state index in [0.29, 0.717) is 5.39 Å². The minimum Gasteiger partial charge on any atom is -0.462 e. The molecule has 0 unspecified atom stereocenters. The van der Waals surface area contributed by atoms with Gasteiger partial charge < -0.3 is 9.47 Å². The lowest BCUT2D eigenvalue weighted by molar-refractivity contribution is 0.0518. The maximum Gasteiger partial charge on any atom is 0.344 e. The molecule has 3 rings (SSSR count). The van der Waals surface area contributed by atoms with E-state index in [0.717, 1.165) is 6.07 Å². The van der Waals surface area contributed by atoms with Crippen LogP contribution in [-0.2, 0) is 4.74 Å². The third kappa shape index (κ3) is 3.03. The zero-order valence-electron chi connectivity index (χ0n) is 12.8. The van der Waals surface area contributed by atoms with Gasteiger partial charge in [0.2, 0.25) is 0 Å². The zero-order valence-corrected chi connectivity index (χ0v) is 12.8. The second kappa shape index (κ2) is 6.62. The van der Waals surface area contributed by atoms with Crippen LogP contribution in [0.2, 0.25) is 0 Å². The number of pyridine rings is 1. The number of nitrogens with zero attached hydrogens (tertiary/aromatic N) is 1. The number of para-hydroxylation sites is 1. The van der Waals surface area contributed by atoms with Gasteiger partial charge in [0.05, 0.1) is 12.8 Å². The second-order valence-corrected chi connectivity index (χ2v) is 4.92. The van der Waals surface area contributed by atoms with Crippen LogP contribution in [0.25, 0.3) is 10.9 Å². The van der Waals surface area contributed by atoms with E-state index in [1.54, 1.807) is 25.1 Å². The fourth-order valence-electron chi connectivity index (χ4n) is 2.28. The molecule has 24 heavy (non-hydrogen) atoms. The zero-order chi connectivity index (χ0) is 17.1. The first-order valence-corrected chi connectivity index (χ1v) is 7.28. The molecular formula is C18H13F2NO3. The van der Waals surface area contributed by atoms with E-state index in [-0.39, 0.29) is 29.2 Å². The van der Waals surface area contributed by atoms with E-state index in [9.17, 15) is 13.6 Å². The molecule has 0 radical (unpaired) electrons. The average Bonchev–Trinajstić information content (AvgIpc) is 2.55. The van der Waals surface area contributed by atoms with Gasteiger partial charge in [-0.05, 0) is 31.2 Å². The summed E-state index contributed by atoms with van der Waals surface area (Å²) >= 11 is 0. The van der Waals surface area contributed by atoms with Crippen molar-refractivity contribution in [3.63, 3.8) is 0 Å². The molecule has 0 atom stereocenters. The van der Waals surface area contributed by atoms with E-state index in [2.05, 4.69) is 4.98 Å². The standard InChI is InChI=1S/C18H13F2NO3/c1-2-23-18(22)16-13(19)6-4-8-15(16)24-12-9-11-5-3-7-14(20)17(11)21-10-12/h3-10H,2H2,1H3. The lowest BCUT2D eigenvalue weighted by atomic mass is 10.2. The van der Waals surface area contributed by atoms with Crippen LogP contribution in [0.1, 0.15) is 17.3 Å². The molecule has 0 spiro atoms. The van der Waals surface area contributed by atoms with Crippen LogP contribution in [0.4, 0.5) is 8.78 Å². The predicted octanol–water partition coefficient (Wildman–Crippen LogP) is 4.48. The van der Waals surface area contributed by atoms with Crippen molar-refractivity contribution in [2.24, 2.45) is 0 Å². The van der Waals surface area contributed by atoms with Gasteiger partial charge in [0.1, 0.15) is 34.2 Å². The van der Waals surface area contributed by atoms with Crippen molar-refractivity contribution in [3.05, 3.63) is 65.9 Å². The van der Waals surface area contributed by atoms with Crippen molar-refractivity contribution in [3.8, 4) is 11.5 Å². The lowest BCUT2D eigenvalue weighted by Crippen LogP contribution is -2.09. The molecular weight excluding hydrogens is 316 g/mol. The predicted molar refractivity (Wildman–Crippen MR) is 84.1 cm³/mol. The molecule has 0 fully saturated rings. The molecule has 122 valence electrons. The Morgan fingerprint density at radius 1 is 1.12 bits per heavy atom. The summed E-state index contributed by atoms with van der Waals surface area (Å²) in [6, 6.07) is 10.1. The number of benzene rings is 2. The Morgan fingerprint density at radius 2 is 1.88 bits per heavy atom. The SMILES string of the molecule is CCOC(=O)c1c(F)cccc1Oc1cnc2c(F)cccc2c1. The molecule has 0 aliphatic heterocycles. The summed E-state index contributed by atoms with van der Waals surface area (Å²) in [4.78, 5) is 15.9. The van der Waals surface area contributed by atoms with Gasteiger partial charge in [0, 0.05) is 5.39 Å². The highest BCUT2D eigenvalue weighted by Crippen LogP contribution is 2.29. The number of esters is 1. The van der Waals surface area contributed by atoms with Gasteiger partial charge in [-0.2, -0.15) is 0 Å². The number of carbonyl (C=O) groups is 1. The topological polar surface area (TPSA) is 48.4 Å². The number of aromatic nitrogens is 1. The summed E-state index contributed by atoms with van der Waals surface area (Å²) in [6.07, 6.45) is 1.31. The van der Waals surface area contributed by atoms with Gasteiger partial charge in [-0.1, -0.05) is 18.2 Å². The molecule has 3 aromatic rings. The van der Waals surface area contributed by atoms with Crippen LogP contribution in [0.15, 0.2) is 48.7 Å². The highest BCUT2D eigenvalue weighted by molar-refractivity contribution is 5.93. The maximum atomic E-state index is 14.0. The van der Waals surface area contributed by atoms with Gasteiger partial charge in [0.15, 0.2) is 0 Å². The maximum absolute atomic E-state index is 14.0. The van der Waals surface area contributed by atoms with Gasteiger partial charge in [-0.25, -0.2) is 18.6 Å². The van der Waals surface area contributed by atoms with Crippen LogP contribution in [-0.4, -0.2) is 17.6 Å². The third-order valence-electron chi connectivity index (χ3n) is 3.32. The number of ether oxygens (including phenoxy) is 2. The first kappa shape index (κ1) is 15.9. The Bertz CT molecular complexity index is 912. The summed E-state index contributed by atoms with van der Waals surface area (Å²) in [6.45, 7) is 1.74. The molecule has 0 saturated heterocycles. The Hall–Kier alpha value is -3.02. The minimum absolute atomic E-state index is 0.00556. The van der Waals surface area contributed by atoms with Gasteiger partial charge >= 0.3 is 5.97 Å². The minimum atomic E-state index is -0.814. The monoisotopic (exact) mass is 329 g/mol. The molecule has 1 aromatic heterocycles. The summed E-state index contributed by atoms with van der Waals surface area (Å²) in [5.74, 6) is -1.75. The second-order valence-electron chi connectivity index (χ2n) is 4.92. The number of carbonyl (C=O) groups excluding carboxylic acids is 1. The summed E-state index contributed by atoms with van der Waals surface area (Å²) < 4.78 is 38.1. The molecule has 0 bridgehead atoms. The molecule has 4 nitrogen and oxygen atoms in total. The molecule has 0 aliphatic rings. The van der Waals surface area contributed by atoms with Crippen LogP contribution in [0, 0.1) is 11.6 Å². The summed E-state index contributed by atoms with van der Waals surface area (Å²) in [5.41, 5.74) is -0.0894. The van der Waals surface area contributed by atoms with E-state index in [4.69, 9.17) is 9.47 Å². The Labute approximate surface area is 136 Å². The van der Waals surface area contributed by atoms with E-state index in [1.165, 1.54) is 24.4 Å². The van der Waals surface area contributed by atoms with Crippen LogP contribution in [0.3, 0.4) is 0 Å². The Balaban J connectivity index is 2.00.